The average Bonchev–Trinajstić information content (AvgIpc) is 2.69. The Morgan fingerprint density at radius 3 is 2.37 bits per heavy atom. The van der Waals surface area contributed by atoms with Gasteiger partial charge in [-0.2, -0.15) is 4.31 Å². The molecule has 6 nitrogen and oxygen atoms in total. The quantitative estimate of drug-likeness (QED) is 0.762. The number of carbonyl (C=O) groups excluding carboxylic acids is 1. The van der Waals surface area contributed by atoms with Gasteiger partial charge < -0.3 is 9.64 Å². The van der Waals surface area contributed by atoms with Gasteiger partial charge in [0.1, 0.15) is 5.75 Å². The normalized spacial score (nSPS) is 15.6. The Bertz CT molecular complexity index is 911. The van der Waals surface area contributed by atoms with Gasteiger partial charge in [0.2, 0.25) is 15.9 Å². The van der Waals surface area contributed by atoms with Crippen molar-refractivity contribution < 1.29 is 17.9 Å². The third-order valence-corrected chi connectivity index (χ3v) is 6.70. The minimum absolute atomic E-state index is 0.0766. The van der Waals surface area contributed by atoms with Gasteiger partial charge in [0.25, 0.3) is 0 Å². The maximum absolute atomic E-state index is 12.7. The molecule has 1 saturated heterocycles. The van der Waals surface area contributed by atoms with E-state index in [4.69, 9.17) is 16.3 Å². The van der Waals surface area contributed by atoms with Gasteiger partial charge in [0.15, 0.2) is 0 Å². The van der Waals surface area contributed by atoms with Crippen molar-refractivity contribution >= 4 is 27.5 Å². The van der Waals surface area contributed by atoms with Crippen LogP contribution in [0.1, 0.15) is 5.56 Å². The third-order valence-electron chi connectivity index (χ3n) is 4.56. The molecule has 0 bridgehead atoms. The first-order valence-corrected chi connectivity index (χ1v) is 10.4. The van der Waals surface area contributed by atoms with Crippen molar-refractivity contribution in [1.82, 2.24) is 9.21 Å². The fraction of sp³-hybridized carbons (Fsp3) is 0.316. The first-order chi connectivity index (χ1) is 12.9. The predicted molar refractivity (Wildman–Crippen MR) is 103 cm³/mol. The van der Waals surface area contributed by atoms with Gasteiger partial charge in [0.05, 0.1) is 18.4 Å². The zero-order valence-corrected chi connectivity index (χ0v) is 16.5. The second-order valence-electron chi connectivity index (χ2n) is 6.23. The van der Waals surface area contributed by atoms with E-state index in [1.165, 1.54) is 4.31 Å². The summed E-state index contributed by atoms with van der Waals surface area (Å²) < 4.78 is 32.0. The Morgan fingerprint density at radius 1 is 1.07 bits per heavy atom. The summed E-state index contributed by atoms with van der Waals surface area (Å²) in [4.78, 5) is 14.6. The molecule has 2 aromatic carbocycles. The van der Waals surface area contributed by atoms with Crippen LogP contribution in [0.5, 0.6) is 5.75 Å². The number of ether oxygens (including phenoxy) is 1. The van der Waals surface area contributed by atoms with Gasteiger partial charge in [-0.3, -0.25) is 4.79 Å². The summed E-state index contributed by atoms with van der Waals surface area (Å²) in [7, 11) is -1.98. The van der Waals surface area contributed by atoms with Gasteiger partial charge in [-0.25, -0.2) is 8.42 Å². The maximum Gasteiger partial charge on any atom is 0.243 e. The molecular formula is C19H21ClN2O4S. The number of hydrogen-bond acceptors (Lipinski definition) is 4. The molecule has 1 heterocycles. The zero-order chi connectivity index (χ0) is 19.4. The summed E-state index contributed by atoms with van der Waals surface area (Å²) in [5, 5.41) is 0.539. The van der Waals surface area contributed by atoms with E-state index < -0.39 is 10.0 Å². The number of amides is 1. The predicted octanol–water partition coefficient (Wildman–Crippen LogP) is 2.42. The molecule has 0 N–H and O–H groups in total. The fourth-order valence-corrected chi connectivity index (χ4v) is 4.72. The molecule has 0 radical (unpaired) electrons. The largest absolute Gasteiger partial charge is 0.496 e. The van der Waals surface area contributed by atoms with Gasteiger partial charge in [-0.05, 0) is 30.3 Å². The second kappa shape index (κ2) is 8.29. The van der Waals surface area contributed by atoms with Crippen molar-refractivity contribution in [2.75, 3.05) is 33.3 Å². The van der Waals surface area contributed by atoms with Gasteiger partial charge in [-0.15, -0.1) is 0 Å². The second-order valence-corrected chi connectivity index (χ2v) is 8.61. The van der Waals surface area contributed by atoms with E-state index in [2.05, 4.69) is 0 Å². The van der Waals surface area contributed by atoms with Crippen LogP contribution >= 0.6 is 11.6 Å². The van der Waals surface area contributed by atoms with Gasteiger partial charge >= 0.3 is 0 Å². The first kappa shape index (κ1) is 19.7. The molecule has 3 rings (SSSR count). The number of methoxy groups -OCH3 is 1. The molecule has 0 spiro atoms. The summed E-state index contributed by atoms with van der Waals surface area (Å²) in [6, 6.07) is 13.5. The van der Waals surface area contributed by atoms with E-state index in [-0.39, 0.29) is 30.3 Å². The van der Waals surface area contributed by atoms with Crippen LogP contribution in [0.25, 0.3) is 0 Å². The molecule has 1 amide bonds. The molecule has 0 aliphatic carbocycles. The lowest BCUT2D eigenvalue weighted by atomic mass is 10.1. The minimum Gasteiger partial charge on any atom is -0.496 e. The molecule has 8 heteroatoms. The zero-order valence-electron chi connectivity index (χ0n) is 15.0. The lowest BCUT2D eigenvalue weighted by molar-refractivity contribution is -0.131. The molecule has 0 atom stereocenters. The van der Waals surface area contributed by atoms with Crippen molar-refractivity contribution in [3.8, 4) is 5.75 Å². The Balaban J connectivity index is 1.64. The van der Waals surface area contributed by atoms with Crippen LogP contribution in [0.4, 0.5) is 0 Å². The van der Waals surface area contributed by atoms with Gasteiger partial charge in [0, 0.05) is 36.8 Å². The molecule has 0 unspecified atom stereocenters. The number of sulfonamides is 1. The van der Waals surface area contributed by atoms with Crippen molar-refractivity contribution in [2.24, 2.45) is 0 Å². The van der Waals surface area contributed by atoms with Crippen LogP contribution < -0.4 is 4.74 Å². The van der Waals surface area contributed by atoms with Crippen molar-refractivity contribution in [2.45, 2.75) is 11.3 Å². The standard InChI is InChI=1S/C19H21ClN2O4S/c1-26-18-8-7-16(20)13-15(18)14-19(23)21-9-11-22(12-10-21)27(24,25)17-5-3-2-4-6-17/h2-8,13H,9-12,14H2,1H3. The first-order valence-electron chi connectivity index (χ1n) is 8.57. The van der Waals surface area contributed by atoms with Crippen LogP contribution in [0, 0.1) is 0 Å². The topological polar surface area (TPSA) is 66.9 Å². The summed E-state index contributed by atoms with van der Waals surface area (Å²) in [6.45, 7) is 1.26. The van der Waals surface area contributed by atoms with Crippen molar-refractivity contribution in [3.05, 3.63) is 59.1 Å². The highest BCUT2D eigenvalue weighted by atomic mass is 35.5. The number of benzene rings is 2. The van der Waals surface area contributed by atoms with E-state index >= 15 is 0 Å². The number of nitrogens with zero attached hydrogens (tertiary/aromatic N) is 2. The Labute approximate surface area is 164 Å². The van der Waals surface area contributed by atoms with Crippen LogP contribution in [-0.2, 0) is 21.2 Å². The van der Waals surface area contributed by atoms with Gasteiger partial charge in [-0.1, -0.05) is 29.8 Å². The highest BCUT2D eigenvalue weighted by Gasteiger charge is 2.30. The minimum atomic E-state index is -3.53. The molecule has 1 aliphatic heterocycles. The molecular weight excluding hydrogens is 388 g/mol. The summed E-state index contributed by atoms with van der Waals surface area (Å²) >= 11 is 6.02. The smallest absolute Gasteiger partial charge is 0.243 e. The van der Waals surface area contributed by atoms with Crippen molar-refractivity contribution in [1.29, 1.82) is 0 Å². The Hall–Kier alpha value is -2.09. The molecule has 0 saturated carbocycles. The highest BCUT2D eigenvalue weighted by molar-refractivity contribution is 7.89. The Kier molecular flexibility index (Phi) is 6.04. The van der Waals surface area contributed by atoms with Crippen LogP contribution in [0.15, 0.2) is 53.4 Å². The number of halogens is 1. The summed E-state index contributed by atoms with van der Waals surface area (Å²) in [5.41, 5.74) is 0.717. The van der Waals surface area contributed by atoms with E-state index in [0.717, 1.165) is 0 Å². The van der Waals surface area contributed by atoms with E-state index in [1.807, 2.05) is 0 Å². The highest BCUT2D eigenvalue weighted by Crippen LogP contribution is 2.24. The molecule has 144 valence electrons. The molecule has 27 heavy (non-hydrogen) atoms. The molecule has 0 aromatic heterocycles. The van der Waals surface area contributed by atoms with Crippen molar-refractivity contribution in [3.63, 3.8) is 0 Å². The fourth-order valence-electron chi connectivity index (χ4n) is 3.08. The maximum atomic E-state index is 12.7. The van der Waals surface area contributed by atoms with E-state index in [9.17, 15) is 13.2 Å². The lowest BCUT2D eigenvalue weighted by Crippen LogP contribution is -2.50. The number of carbonyl (C=O) groups is 1. The SMILES string of the molecule is COc1ccc(Cl)cc1CC(=O)N1CCN(S(=O)(=O)c2ccccc2)CC1. The third kappa shape index (κ3) is 4.43. The average molecular weight is 409 g/mol. The van der Waals surface area contributed by atoms with Crippen LogP contribution in [-0.4, -0.2) is 56.8 Å². The molecule has 1 aliphatic rings. The number of rotatable bonds is 5. The molecule has 1 fully saturated rings. The van der Waals surface area contributed by atoms with Crippen LogP contribution in [0.2, 0.25) is 5.02 Å². The molecule has 2 aromatic rings. The number of hydrogen-bond donors (Lipinski definition) is 0. The van der Waals surface area contributed by atoms with Crippen LogP contribution in [0.3, 0.4) is 0 Å². The Morgan fingerprint density at radius 2 is 1.74 bits per heavy atom. The summed E-state index contributed by atoms with van der Waals surface area (Å²) in [6.07, 6.45) is 0.162. The van der Waals surface area contributed by atoms with E-state index in [0.29, 0.717) is 29.4 Å². The monoisotopic (exact) mass is 408 g/mol. The summed E-state index contributed by atoms with van der Waals surface area (Å²) in [5.74, 6) is 0.533. The van der Waals surface area contributed by atoms with E-state index in [1.54, 1.807) is 60.5 Å². The lowest BCUT2D eigenvalue weighted by Gasteiger charge is -2.34. The number of piperazine rings is 1.